The first-order chi connectivity index (χ1) is 22.4. The minimum absolute atomic E-state index is 0.0937. The van der Waals surface area contributed by atoms with Crippen molar-refractivity contribution < 1.29 is 28.3 Å². The fourth-order valence-corrected chi connectivity index (χ4v) is 6.79. The molecule has 238 valence electrons. The quantitative estimate of drug-likeness (QED) is 0.0869. The predicted octanol–water partition coefficient (Wildman–Crippen LogP) is 7.73. The molecule has 46 heavy (non-hydrogen) atoms. The fraction of sp³-hybridized carbons (Fsp3) is 0.308. The van der Waals surface area contributed by atoms with Gasteiger partial charge in [-0.1, -0.05) is 133 Å². The lowest BCUT2D eigenvalue weighted by molar-refractivity contribution is -0.143. The molecule has 1 aliphatic heterocycles. The van der Waals surface area contributed by atoms with E-state index in [1.165, 1.54) is 0 Å². The number of hydrogen-bond acceptors (Lipinski definition) is 6. The van der Waals surface area contributed by atoms with Gasteiger partial charge in [-0.15, -0.1) is 0 Å². The van der Waals surface area contributed by atoms with Crippen LogP contribution in [0.25, 0.3) is 0 Å². The van der Waals surface area contributed by atoms with Crippen LogP contribution in [0.15, 0.2) is 133 Å². The SMILES string of the molecule is CCOC(=O)C[C@H](C=C(C)C)B1O[C@@H](C(OC)(c2ccccc2)c2ccccc2)[C@H](C(OC)(c2ccccc2)c2ccccc2)O1. The Morgan fingerprint density at radius 1 is 0.696 bits per heavy atom. The van der Waals surface area contributed by atoms with E-state index in [1.807, 2.05) is 99.6 Å². The molecule has 7 heteroatoms. The van der Waals surface area contributed by atoms with E-state index in [0.717, 1.165) is 27.8 Å². The summed E-state index contributed by atoms with van der Waals surface area (Å²) in [5.41, 5.74) is 2.38. The van der Waals surface area contributed by atoms with Gasteiger partial charge < -0.3 is 23.5 Å². The van der Waals surface area contributed by atoms with Crippen LogP contribution in [0.3, 0.4) is 0 Å². The van der Waals surface area contributed by atoms with E-state index in [9.17, 15) is 4.79 Å². The minimum Gasteiger partial charge on any atom is -0.466 e. The number of carbonyl (C=O) groups is 1. The van der Waals surface area contributed by atoms with E-state index < -0.39 is 36.3 Å². The average Bonchev–Trinajstić information content (AvgIpc) is 3.54. The van der Waals surface area contributed by atoms with Gasteiger partial charge in [0.25, 0.3) is 0 Å². The van der Waals surface area contributed by atoms with Crippen LogP contribution in [0.1, 0.15) is 49.4 Å². The van der Waals surface area contributed by atoms with Gasteiger partial charge in [-0.05, 0) is 43.0 Å². The van der Waals surface area contributed by atoms with Gasteiger partial charge in [-0.25, -0.2) is 0 Å². The Morgan fingerprint density at radius 3 is 1.33 bits per heavy atom. The van der Waals surface area contributed by atoms with Crippen LogP contribution >= 0.6 is 0 Å². The van der Waals surface area contributed by atoms with Crippen LogP contribution in [0.5, 0.6) is 0 Å². The van der Waals surface area contributed by atoms with Crippen LogP contribution in [-0.2, 0) is 39.5 Å². The number of carbonyl (C=O) groups excluding carboxylic acids is 1. The number of rotatable bonds is 13. The second kappa shape index (κ2) is 15.1. The van der Waals surface area contributed by atoms with E-state index >= 15 is 0 Å². The van der Waals surface area contributed by atoms with Crippen LogP contribution < -0.4 is 0 Å². The van der Waals surface area contributed by atoms with Crippen LogP contribution in [-0.4, -0.2) is 46.1 Å². The van der Waals surface area contributed by atoms with Crippen molar-refractivity contribution in [3.63, 3.8) is 0 Å². The molecule has 1 aliphatic rings. The molecule has 0 spiro atoms. The third kappa shape index (κ3) is 6.46. The Morgan fingerprint density at radius 2 is 1.04 bits per heavy atom. The second-order valence-corrected chi connectivity index (χ2v) is 11.7. The van der Waals surface area contributed by atoms with Gasteiger partial charge in [0.15, 0.2) is 0 Å². The molecule has 3 atom stereocenters. The van der Waals surface area contributed by atoms with Gasteiger partial charge >= 0.3 is 13.1 Å². The van der Waals surface area contributed by atoms with Gasteiger partial charge in [0, 0.05) is 20.0 Å². The van der Waals surface area contributed by atoms with E-state index in [1.54, 1.807) is 14.2 Å². The Labute approximate surface area is 273 Å². The third-order valence-corrected chi connectivity index (χ3v) is 8.70. The number of ether oxygens (including phenoxy) is 3. The van der Waals surface area contributed by atoms with Crippen molar-refractivity contribution in [3.05, 3.63) is 155 Å². The van der Waals surface area contributed by atoms with E-state index in [0.29, 0.717) is 6.61 Å². The maximum Gasteiger partial charge on any atom is 0.465 e. The highest BCUT2D eigenvalue weighted by molar-refractivity contribution is 6.48. The third-order valence-electron chi connectivity index (χ3n) is 8.70. The van der Waals surface area contributed by atoms with Crippen molar-refractivity contribution in [2.75, 3.05) is 20.8 Å². The molecular formula is C39H43BO6. The molecule has 4 aromatic rings. The molecule has 0 aromatic heterocycles. The summed E-state index contributed by atoms with van der Waals surface area (Å²) in [6.07, 6.45) is 0.627. The minimum atomic E-state index is -1.13. The predicted molar refractivity (Wildman–Crippen MR) is 181 cm³/mol. The van der Waals surface area contributed by atoms with Crippen molar-refractivity contribution in [2.24, 2.45) is 0 Å². The lowest BCUT2D eigenvalue weighted by Crippen LogP contribution is -2.56. The molecule has 1 fully saturated rings. The number of methoxy groups -OCH3 is 2. The first-order valence-electron chi connectivity index (χ1n) is 15.8. The Hall–Kier alpha value is -4.01. The van der Waals surface area contributed by atoms with Crippen molar-refractivity contribution >= 4 is 13.1 Å². The maximum atomic E-state index is 12.9. The lowest BCUT2D eigenvalue weighted by atomic mass is 9.69. The van der Waals surface area contributed by atoms with Crippen molar-refractivity contribution in [2.45, 2.75) is 56.4 Å². The van der Waals surface area contributed by atoms with Crippen molar-refractivity contribution in [1.82, 2.24) is 0 Å². The van der Waals surface area contributed by atoms with Crippen LogP contribution in [0, 0.1) is 0 Å². The molecule has 0 aliphatic carbocycles. The normalized spacial score (nSPS) is 17.4. The van der Waals surface area contributed by atoms with Crippen LogP contribution in [0.4, 0.5) is 0 Å². The molecule has 0 radical (unpaired) electrons. The highest BCUT2D eigenvalue weighted by Crippen LogP contribution is 2.51. The highest BCUT2D eigenvalue weighted by atomic mass is 16.7. The van der Waals surface area contributed by atoms with Gasteiger partial charge in [-0.3, -0.25) is 4.79 Å². The number of esters is 1. The number of allylic oxidation sites excluding steroid dienone is 2. The summed E-state index contributed by atoms with van der Waals surface area (Å²) < 4.78 is 33.1. The van der Waals surface area contributed by atoms with Crippen molar-refractivity contribution in [1.29, 1.82) is 0 Å². The Bertz CT molecular complexity index is 1380. The van der Waals surface area contributed by atoms with Gasteiger partial charge in [0.1, 0.15) is 23.4 Å². The molecule has 0 unspecified atom stereocenters. The average molecular weight is 619 g/mol. The van der Waals surface area contributed by atoms with Gasteiger partial charge in [0.05, 0.1) is 13.0 Å². The van der Waals surface area contributed by atoms with E-state index in [-0.39, 0.29) is 12.4 Å². The Balaban J connectivity index is 1.80. The molecule has 6 nitrogen and oxygen atoms in total. The number of hydrogen-bond donors (Lipinski definition) is 0. The van der Waals surface area contributed by atoms with Crippen LogP contribution in [0.2, 0.25) is 5.82 Å². The number of benzene rings is 4. The molecule has 0 bridgehead atoms. The Kier molecular flexibility index (Phi) is 10.9. The zero-order valence-corrected chi connectivity index (χ0v) is 27.3. The molecule has 5 rings (SSSR count). The summed E-state index contributed by atoms with van der Waals surface area (Å²) in [5, 5.41) is 0. The topological polar surface area (TPSA) is 63.2 Å². The van der Waals surface area contributed by atoms with E-state index in [4.69, 9.17) is 23.5 Å². The maximum absolute atomic E-state index is 12.9. The zero-order valence-electron chi connectivity index (χ0n) is 27.3. The first-order valence-corrected chi connectivity index (χ1v) is 15.8. The fourth-order valence-electron chi connectivity index (χ4n) is 6.79. The van der Waals surface area contributed by atoms with Gasteiger partial charge in [0.2, 0.25) is 0 Å². The second-order valence-electron chi connectivity index (χ2n) is 11.7. The summed E-state index contributed by atoms with van der Waals surface area (Å²) in [6, 6.07) is 40.3. The summed E-state index contributed by atoms with van der Waals surface area (Å²) in [4.78, 5) is 12.9. The summed E-state index contributed by atoms with van der Waals surface area (Å²) >= 11 is 0. The molecule has 0 amide bonds. The smallest absolute Gasteiger partial charge is 0.465 e. The highest BCUT2D eigenvalue weighted by Gasteiger charge is 2.62. The molecule has 4 aromatic carbocycles. The largest absolute Gasteiger partial charge is 0.466 e. The van der Waals surface area contributed by atoms with E-state index in [2.05, 4.69) is 48.5 Å². The zero-order chi connectivity index (χ0) is 32.6. The summed E-state index contributed by atoms with van der Waals surface area (Å²) in [6.45, 7) is 6.11. The lowest BCUT2D eigenvalue weighted by Gasteiger charge is -2.47. The summed E-state index contributed by atoms with van der Waals surface area (Å²) in [5.74, 6) is -0.746. The summed E-state index contributed by atoms with van der Waals surface area (Å²) in [7, 11) is 2.59. The molecule has 1 heterocycles. The van der Waals surface area contributed by atoms with Crippen molar-refractivity contribution in [3.8, 4) is 0 Å². The first kappa shape index (κ1) is 33.4. The molecule has 1 saturated heterocycles. The molecule has 0 saturated carbocycles. The van der Waals surface area contributed by atoms with Gasteiger partial charge in [-0.2, -0.15) is 0 Å². The molecule has 0 N–H and O–H groups in total. The standard InChI is InChI=1S/C39H43BO6/c1-6-44-35(41)28-34(27-29(2)3)40-45-36(38(42-4,30-19-11-7-12-20-30)31-21-13-8-14-22-31)37(46-40)39(43-5,32-23-15-9-16-24-32)33-25-17-10-18-26-33/h7-27,34,36-37H,6,28H2,1-5H3/t34-,36+,37+/m0/s1. The monoisotopic (exact) mass is 618 g/mol. The molecular weight excluding hydrogens is 575 g/mol.